The summed E-state index contributed by atoms with van der Waals surface area (Å²) < 4.78 is 61.1. The summed E-state index contributed by atoms with van der Waals surface area (Å²) in [7, 11) is -9.80. The molecule has 0 radical (unpaired) electrons. The molecular weight excluding hydrogens is 1290 g/mol. The van der Waals surface area contributed by atoms with Crippen molar-refractivity contribution in [1.82, 2.24) is 0 Å². The summed E-state index contributed by atoms with van der Waals surface area (Å²) in [5, 5.41) is 20.6. The zero-order valence-electron chi connectivity index (χ0n) is 61.6. The van der Waals surface area contributed by atoms with Crippen molar-refractivity contribution < 1.29 is 75.8 Å². The normalized spacial score (nSPS) is 14.9. The van der Waals surface area contributed by atoms with Gasteiger partial charge in [0.15, 0.2) is 6.10 Å². The van der Waals surface area contributed by atoms with Crippen LogP contribution in [0.5, 0.6) is 0 Å². The lowest BCUT2D eigenvalue weighted by Crippen LogP contribution is -2.30. The minimum atomic E-state index is -4.94. The third-order valence-electron chi connectivity index (χ3n) is 15.5. The van der Waals surface area contributed by atoms with Crippen LogP contribution in [0.4, 0.5) is 0 Å². The predicted molar refractivity (Wildman–Crippen MR) is 408 cm³/mol. The molecule has 0 amide bonds. The van der Waals surface area contributed by atoms with Gasteiger partial charge in [-0.1, -0.05) is 282 Å². The fourth-order valence-electron chi connectivity index (χ4n) is 9.84. The van der Waals surface area contributed by atoms with Crippen molar-refractivity contribution in [2.45, 2.75) is 309 Å². The van der Waals surface area contributed by atoms with Gasteiger partial charge in [0, 0.05) is 19.3 Å². The molecule has 5 unspecified atom stereocenters. The average molecular weight is 1430 g/mol. The number of carbonyl (C=O) groups excluding carboxylic acids is 3. The largest absolute Gasteiger partial charge is 0.472 e. The van der Waals surface area contributed by atoms with Gasteiger partial charge in [-0.3, -0.25) is 32.5 Å². The molecule has 18 heteroatoms. The second kappa shape index (κ2) is 73.2. The van der Waals surface area contributed by atoms with Crippen molar-refractivity contribution in [2.24, 2.45) is 0 Å². The van der Waals surface area contributed by atoms with Gasteiger partial charge in [-0.25, -0.2) is 9.13 Å². The van der Waals surface area contributed by atoms with E-state index in [0.29, 0.717) is 19.3 Å². The van der Waals surface area contributed by atoms with E-state index < -0.39 is 91.5 Å². The number of phosphoric ester groups is 2. The third-order valence-corrected chi connectivity index (χ3v) is 17.4. The van der Waals surface area contributed by atoms with E-state index in [9.17, 15) is 43.5 Å². The molecular formula is C81H136O16P2. The summed E-state index contributed by atoms with van der Waals surface area (Å²) in [6.45, 7) is 2.32. The topological polar surface area (TPSA) is 231 Å². The lowest BCUT2D eigenvalue weighted by atomic mass is 10.1. The third kappa shape index (κ3) is 74.4. The Hall–Kier alpha value is -4.57. The number of esters is 3. The lowest BCUT2D eigenvalue weighted by Gasteiger charge is -2.21. The average Bonchev–Trinajstić information content (AvgIpc) is 2.18. The fraction of sp³-hybridized carbons (Fsp3) is 0.667. The van der Waals surface area contributed by atoms with Gasteiger partial charge in [-0.15, -0.1) is 0 Å². The highest BCUT2D eigenvalue weighted by Gasteiger charge is 2.29. The van der Waals surface area contributed by atoms with Crippen LogP contribution in [0.3, 0.4) is 0 Å². The van der Waals surface area contributed by atoms with Crippen molar-refractivity contribution in [3.8, 4) is 0 Å². The van der Waals surface area contributed by atoms with Crippen LogP contribution in [-0.4, -0.2) is 95.9 Å². The van der Waals surface area contributed by atoms with Crippen molar-refractivity contribution in [1.29, 1.82) is 0 Å². The van der Waals surface area contributed by atoms with E-state index >= 15 is 0 Å². The standard InChI is InChI=1S/C81H136O16P2/c1-4-7-10-13-16-19-22-25-28-31-32-33-34-35-36-37-38-39-40-41-42-45-47-49-52-55-58-61-64-67-79(84)91-70-76(82)71-93-98(87,88)94-72-77(83)73-95-99(89,90)96-75-78(97-81(86)69-66-63-60-57-54-51-48-44-30-27-24-21-18-15-12-9-6-3)74-92-80(85)68-65-62-59-56-53-50-46-43-29-26-23-20-17-14-11-8-5-2/h7-12,16-21,25-30,32-33,35-36,38-39,76-78,82-83H,4-6,13-15,22-24,31,34,37,40-75H2,1-3H3,(H,87,88)(H,89,90)/b10-7-,11-8-,12-9-,19-16-,20-17-,21-18-,28-25-,29-26-,30-27-,33-32-,36-35-,39-38-. The predicted octanol–water partition coefficient (Wildman–Crippen LogP) is 22.1. The van der Waals surface area contributed by atoms with Crippen molar-refractivity contribution >= 4 is 33.6 Å². The van der Waals surface area contributed by atoms with Gasteiger partial charge < -0.3 is 34.2 Å². The van der Waals surface area contributed by atoms with E-state index in [2.05, 4.69) is 167 Å². The summed E-state index contributed by atoms with van der Waals surface area (Å²) in [6, 6.07) is 0. The Labute approximate surface area is 600 Å². The van der Waals surface area contributed by atoms with E-state index in [-0.39, 0.29) is 19.3 Å². The minimum absolute atomic E-state index is 0.0877. The molecule has 0 aromatic heterocycles. The molecule has 566 valence electrons. The first kappa shape index (κ1) is 94.4. The summed E-state index contributed by atoms with van der Waals surface area (Å²) >= 11 is 0. The number of phosphoric acid groups is 2. The first-order valence-corrected chi connectivity index (χ1v) is 41.1. The van der Waals surface area contributed by atoms with Gasteiger partial charge in [0.1, 0.15) is 25.4 Å². The lowest BCUT2D eigenvalue weighted by molar-refractivity contribution is -0.161. The van der Waals surface area contributed by atoms with E-state index in [1.807, 2.05) is 0 Å². The molecule has 0 spiro atoms. The zero-order chi connectivity index (χ0) is 72.3. The zero-order valence-corrected chi connectivity index (χ0v) is 63.4. The second-order valence-electron chi connectivity index (χ2n) is 25.0. The van der Waals surface area contributed by atoms with Gasteiger partial charge in [0.05, 0.1) is 26.4 Å². The molecule has 0 aliphatic heterocycles. The van der Waals surface area contributed by atoms with E-state index in [0.717, 1.165) is 199 Å². The van der Waals surface area contributed by atoms with E-state index in [1.54, 1.807) is 0 Å². The number of unbranched alkanes of at least 4 members (excludes halogenated alkanes) is 24. The molecule has 0 aromatic carbocycles. The molecule has 0 saturated carbocycles. The van der Waals surface area contributed by atoms with Crippen LogP contribution < -0.4 is 0 Å². The number of allylic oxidation sites excluding steroid dienone is 24. The van der Waals surface area contributed by atoms with Crippen molar-refractivity contribution in [3.05, 3.63) is 146 Å². The Balaban J connectivity index is 4.56. The molecule has 0 saturated heterocycles. The van der Waals surface area contributed by atoms with Gasteiger partial charge in [-0.05, 0) is 135 Å². The quantitative estimate of drug-likeness (QED) is 0.0146. The van der Waals surface area contributed by atoms with Crippen LogP contribution in [0.2, 0.25) is 0 Å². The van der Waals surface area contributed by atoms with Crippen molar-refractivity contribution in [3.63, 3.8) is 0 Å². The molecule has 0 aromatic rings. The molecule has 0 aliphatic carbocycles. The van der Waals surface area contributed by atoms with Gasteiger partial charge in [-0.2, -0.15) is 0 Å². The number of carbonyl (C=O) groups is 3. The first-order valence-electron chi connectivity index (χ1n) is 38.1. The second-order valence-corrected chi connectivity index (χ2v) is 27.9. The van der Waals surface area contributed by atoms with Crippen LogP contribution in [0.15, 0.2) is 146 Å². The number of hydrogen-bond acceptors (Lipinski definition) is 14. The highest BCUT2D eigenvalue weighted by atomic mass is 31.2. The summed E-state index contributed by atoms with van der Waals surface area (Å²) in [5.41, 5.74) is 0. The highest BCUT2D eigenvalue weighted by Crippen LogP contribution is 2.45. The Morgan fingerprint density at radius 3 is 0.798 bits per heavy atom. The molecule has 0 rings (SSSR count). The van der Waals surface area contributed by atoms with Crippen LogP contribution >= 0.6 is 15.6 Å². The fourth-order valence-corrected chi connectivity index (χ4v) is 11.4. The maximum atomic E-state index is 13.0. The monoisotopic (exact) mass is 1430 g/mol. The minimum Gasteiger partial charge on any atom is -0.463 e. The molecule has 0 bridgehead atoms. The number of rotatable bonds is 71. The number of ether oxygens (including phenoxy) is 3. The van der Waals surface area contributed by atoms with Gasteiger partial charge in [0.25, 0.3) is 0 Å². The molecule has 0 heterocycles. The maximum absolute atomic E-state index is 13.0. The van der Waals surface area contributed by atoms with Gasteiger partial charge >= 0.3 is 33.6 Å². The number of aliphatic hydroxyl groups is 2. The summed E-state index contributed by atoms with van der Waals surface area (Å²) in [5.74, 6) is -1.60. The molecule has 0 fully saturated rings. The van der Waals surface area contributed by atoms with Crippen molar-refractivity contribution in [2.75, 3.05) is 39.6 Å². The van der Waals surface area contributed by atoms with E-state index in [1.165, 1.54) is 32.1 Å². The number of aliphatic hydroxyl groups excluding tert-OH is 2. The molecule has 16 nitrogen and oxygen atoms in total. The first-order chi connectivity index (χ1) is 48.2. The smallest absolute Gasteiger partial charge is 0.463 e. The molecule has 5 atom stereocenters. The number of hydrogen-bond donors (Lipinski definition) is 4. The summed E-state index contributed by atoms with van der Waals surface area (Å²) in [4.78, 5) is 58.6. The van der Waals surface area contributed by atoms with Crippen LogP contribution in [0.25, 0.3) is 0 Å². The van der Waals surface area contributed by atoms with Crippen LogP contribution in [0.1, 0.15) is 290 Å². The Morgan fingerprint density at radius 2 is 0.505 bits per heavy atom. The molecule has 99 heavy (non-hydrogen) atoms. The maximum Gasteiger partial charge on any atom is 0.472 e. The Kier molecular flexibility index (Phi) is 69.8. The Morgan fingerprint density at radius 1 is 0.283 bits per heavy atom. The van der Waals surface area contributed by atoms with Gasteiger partial charge in [0.2, 0.25) is 0 Å². The highest BCUT2D eigenvalue weighted by molar-refractivity contribution is 7.47. The van der Waals surface area contributed by atoms with Crippen LogP contribution in [0, 0.1) is 0 Å². The molecule has 0 aliphatic rings. The Bertz CT molecular complexity index is 2380. The summed E-state index contributed by atoms with van der Waals surface area (Å²) in [6.07, 6.45) is 88.9. The molecule has 4 N–H and O–H groups in total. The SMILES string of the molecule is CC/C=C\C/C=C\C/C=C\C/C=C\C/C=C\C/C=C\CCCCCCCCCCCCC(=O)OCC(O)COP(=O)(O)OCC(O)COP(=O)(O)OCC(COC(=O)CCCCCCCCC/C=C\C/C=C\C/C=C\CC)OC(=O)CCCCCCCCC/C=C\C/C=C\C/C=C\CC. The van der Waals surface area contributed by atoms with E-state index in [4.69, 9.17) is 32.3 Å². The van der Waals surface area contributed by atoms with Crippen LogP contribution in [-0.2, 0) is 55.8 Å².